The Morgan fingerprint density at radius 2 is 1.93 bits per heavy atom. The highest BCUT2D eigenvalue weighted by Crippen LogP contribution is 2.47. The Hall–Kier alpha value is -1.49. The van der Waals surface area contributed by atoms with Crippen molar-refractivity contribution >= 4 is 11.8 Å². The van der Waals surface area contributed by atoms with Gasteiger partial charge in [0, 0.05) is 10.6 Å². The minimum atomic E-state index is -0.230. The van der Waals surface area contributed by atoms with Gasteiger partial charge in [-0.25, -0.2) is 0 Å². The van der Waals surface area contributed by atoms with Crippen molar-refractivity contribution in [3.8, 4) is 5.75 Å². The van der Waals surface area contributed by atoms with Crippen LogP contribution in [0.1, 0.15) is 63.6 Å². The molecule has 27 heavy (non-hydrogen) atoms. The van der Waals surface area contributed by atoms with Crippen molar-refractivity contribution < 1.29 is 9.94 Å². The summed E-state index contributed by atoms with van der Waals surface area (Å²) in [5, 5.41) is 13.2. The maximum atomic E-state index is 11.5. The Kier molecular flexibility index (Phi) is 6.85. The predicted octanol–water partition coefficient (Wildman–Crippen LogP) is 6.31. The fourth-order valence-corrected chi connectivity index (χ4v) is 5.35. The molecule has 0 spiro atoms. The van der Waals surface area contributed by atoms with Crippen LogP contribution in [0.15, 0.2) is 53.4 Å². The number of hydrogen-bond donors (Lipinski definition) is 1. The van der Waals surface area contributed by atoms with Crippen LogP contribution in [0.3, 0.4) is 0 Å². The summed E-state index contributed by atoms with van der Waals surface area (Å²) >= 11 is 1.85. The van der Waals surface area contributed by atoms with Gasteiger partial charge < -0.3 is 9.94 Å². The van der Waals surface area contributed by atoms with Crippen LogP contribution in [-0.2, 0) is 0 Å². The van der Waals surface area contributed by atoms with E-state index in [-0.39, 0.29) is 11.6 Å². The fraction of sp³-hybridized carbons (Fsp3) is 0.478. The number of hydrogen-bond acceptors (Lipinski definition) is 4. The molecule has 1 aliphatic rings. The highest BCUT2D eigenvalue weighted by molar-refractivity contribution is 7.99. The maximum Gasteiger partial charge on any atom is 0.120 e. The van der Waals surface area contributed by atoms with Crippen LogP contribution < -0.4 is 4.74 Å². The Morgan fingerprint density at radius 3 is 2.59 bits per heavy atom. The molecule has 0 unspecified atom stereocenters. The summed E-state index contributed by atoms with van der Waals surface area (Å²) in [7, 11) is 0. The zero-order valence-corrected chi connectivity index (χ0v) is 17.5. The van der Waals surface area contributed by atoms with E-state index in [4.69, 9.17) is 4.74 Å². The van der Waals surface area contributed by atoms with Crippen LogP contribution in [0.25, 0.3) is 0 Å². The number of benzene rings is 2. The van der Waals surface area contributed by atoms with E-state index in [2.05, 4.69) is 50.2 Å². The predicted molar refractivity (Wildman–Crippen MR) is 113 cm³/mol. The largest absolute Gasteiger partial charge is 0.494 e. The second-order valence-electron chi connectivity index (χ2n) is 7.26. The minimum Gasteiger partial charge on any atom is -0.494 e. The lowest BCUT2D eigenvalue weighted by atomic mass is 9.87. The van der Waals surface area contributed by atoms with Crippen molar-refractivity contribution in [1.29, 1.82) is 0 Å². The first kappa shape index (κ1) is 20.2. The van der Waals surface area contributed by atoms with Gasteiger partial charge in [-0.3, -0.25) is 0 Å². The molecule has 0 aliphatic carbocycles. The molecule has 1 heterocycles. The van der Waals surface area contributed by atoms with Crippen molar-refractivity contribution in [3.05, 3.63) is 59.7 Å². The second kappa shape index (κ2) is 9.13. The third-order valence-corrected chi connectivity index (χ3v) is 6.93. The summed E-state index contributed by atoms with van der Waals surface area (Å²) in [5.74, 6) is 1.78. The van der Waals surface area contributed by atoms with E-state index < -0.39 is 0 Å². The van der Waals surface area contributed by atoms with Gasteiger partial charge in [-0.1, -0.05) is 63.1 Å². The van der Waals surface area contributed by atoms with Crippen LogP contribution in [0, 0.1) is 0 Å². The number of fused-ring (bicyclic) bond motifs is 1. The zero-order chi connectivity index (χ0) is 19.3. The van der Waals surface area contributed by atoms with E-state index in [1.807, 2.05) is 30.8 Å². The third-order valence-electron chi connectivity index (χ3n) is 5.59. The molecule has 0 saturated heterocycles. The van der Waals surface area contributed by atoms with Gasteiger partial charge in [-0.05, 0) is 43.0 Å². The number of rotatable bonds is 7. The Labute approximate surface area is 167 Å². The van der Waals surface area contributed by atoms with Gasteiger partial charge in [-0.2, -0.15) is 5.06 Å². The van der Waals surface area contributed by atoms with Crippen LogP contribution in [-0.4, -0.2) is 28.2 Å². The van der Waals surface area contributed by atoms with Gasteiger partial charge >= 0.3 is 0 Å². The van der Waals surface area contributed by atoms with E-state index in [0.717, 1.165) is 48.3 Å². The van der Waals surface area contributed by atoms with Crippen LogP contribution >= 0.6 is 11.8 Å². The summed E-state index contributed by atoms with van der Waals surface area (Å²) in [6.07, 6.45) is 4.18. The average Bonchev–Trinajstić information content (AvgIpc) is 2.82. The van der Waals surface area contributed by atoms with E-state index in [0.29, 0.717) is 6.61 Å². The lowest BCUT2D eigenvalue weighted by molar-refractivity contribution is -0.193. The Morgan fingerprint density at radius 1 is 1.15 bits per heavy atom. The van der Waals surface area contributed by atoms with Crippen molar-refractivity contribution in [1.82, 2.24) is 5.06 Å². The van der Waals surface area contributed by atoms with Crippen LogP contribution in [0.5, 0.6) is 5.75 Å². The molecule has 146 valence electrons. The molecular formula is C23H31NO2S. The molecule has 0 aromatic heterocycles. The normalized spacial score (nSPS) is 22.9. The number of hydroxylamine groups is 2. The summed E-state index contributed by atoms with van der Waals surface area (Å²) in [4.78, 5) is 1.21. The molecule has 0 radical (unpaired) electrons. The molecule has 1 N–H and O–H groups in total. The van der Waals surface area contributed by atoms with Gasteiger partial charge in [-0.15, -0.1) is 11.8 Å². The SMILES string of the molecule is CCCC[C@@]1(CC)CSc2cc(OCC)ccc2[C@H](c2ccccc2)N1O. The third kappa shape index (κ3) is 4.18. The van der Waals surface area contributed by atoms with Crippen molar-refractivity contribution in [2.75, 3.05) is 12.4 Å². The van der Waals surface area contributed by atoms with Gasteiger partial charge in [0.05, 0.1) is 18.2 Å². The van der Waals surface area contributed by atoms with E-state index in [1.54, 1.807) is 5.06 Å². The maximum absolute atomic E-state index is 11.5. The molecule has 3 nitrogen and oxygen atoms in total. The van der Waals surface area contributed by atoms with E-state index >= 15 is 0 Å². The lowest BCUT2D eigenvalue weighted by Crippen LogP contribution is -2.49. The molecule has 4 heteroatoms. The molecule has 1 aliphatic heterocycles. The van der Waals surface area contributed by atoms with E-state index in [1.165, 1.54) is 4.90 Å². The summed E-state index contributed by atoms with van der Waals surface area (Å²) in [6.45, 7) is 7.08. The van der Waals surface area contributed by atoms with Gasteiger partial charge in [0.1, 0.15) is 5.75 Å². The highest BCUT2D eigenvalue weighted by atomic mass is 32.2. The molecule has 3 rings (SSSR count). The first-order valence-electron chi connectivity index (χ1n) is 10.1. The number of thioether (sulfide) groups is 1. The monoisotopic (exact) mass is 385 g/mol. The Balaban J connectivity index is 2.10. The summed E-state index contributed by atoms with van der Waals surface area (Å²) in [5.41, 5.74) is 2.05. The van der Waals surface area contributed by atoms with Gasteiger partial charge in [0.2, 0.25) is 0 Å². The smallest absolute Gasteiger partial charge is 0.120 e. The standard InChI is InChI=1S/C23H31NO2S/c1-4-7-15-23(5-2)17-27-21-16-19(26-6-3)13-14-20(21)22(24(23)25)18-11-9-8-10-12-18/h8-14,16,22,25H,4-7,15,17H2,1-3H3/t22-,23-/m0/s1. The van der Waals surface area contributed by atoms with Crippen molar-refractivity contribution in [3.63, 3.8) is 0 Å². The first-order chi connectivity index (χ1) is 13.1. The number of unbranched alkanes of at least 4 members (excludes halogenated alkanes) is 1. The highest BCUT2D eigenvalue weighted by Gasteiger charge is 2.42. The van der Waals surface area contributed by atoms with Crippen LogP contribution in [0.2, 0.25) is 0 Å². The van der Waals surface area contributed by atoms with Crippen LogP contribution in [0.4, 0.5) is 0 Å². The molecule has 2 atom stereocenters. The summed E-state index contributed by atoms with van der Waals surface area (Å²) < 4.78 is 5.73. The molecule has 2 aromatic carbocycles. The zero-order valence-electron chi connectivity index (χ0n) is 16.6. The minimum absolute atomic E-state index is 0.163. The van der Waals surface area contributed by atoms with Crippen molar-refractivity contribution in [2.45, 2.75) is 62.9 Å². The summed E-state index contributed by atoms with van der Waals surface area (Å²) in [6, 6.07) is 16.5. The molecule has 0 saturated carbocycles. The molecule has 0 bridgehead atoms. The first-order valence-corrected chi connectivity index (χ1v) is 11.1. The average molecular weight is 386 g/mol. The quantitative estimate of drug-likeness (QED) is 0.605. The Bertz CT molecular complexity index is 736. The molecule has 2 aromatic rings. The molecule has 0 amide bonds. The van der Waals surface area contributed by atoms with E-state index in [9.17, 15) is 5.21 Å². The number of nitrogens with zero attached hydrogens (tertiary/aromatic N) is 1. The number of ether oxygens (including phenoxy) is 1. The van der Waals surface area contributed by atoms with Crippen molar-refractivity contribution in [2.24, 2.45) is 0 Å². The molecule has 0 fully saturated rings. The second-order valence-corrected chi connectivity index (χ2v) is 8.28. The van der Waals surface area contributed by atoms with Gasteiger partial charge in [0.15, 0.2) is 0 Å². The lowest BCUT2D eigenvalue weighted by Gasteiger charge is -2.42. The van der Waals surface area contributed by atoms with Gasteiger partial charge in [0.25, 0.3) is 0 Å². The topological polar surface area (TPSA) is 32.7 Å². The fourth-order valence-electron chi connectivity index (χ4n) is 3.90. The molecular weight excluding hydrogens is 354 g/mol.